The lowest BCUT2D eigenvalue weighted by molar-refractivity contribution is -0.142. The molecule has 0 bridgehead atoms. The van der Waals surface area contributed by atoms with E-state index in [1.165, 1.54) is 23.8 Å². The van der Waals surface area contributed by atoms with Crippen LogP contribution in [0.5, 0.6) is 0 Å². The molecule has 1 saturated heterocycles. The number of rotatable bonds is 2. The fraction of sp³-hybridized carbons (Fsp3) is 0.333. The van der Waals surface area contributed by atoms with Crippen LogP contribution in [0.1, 0.15) is 10.4 Å². The smallest absolute Gasteiger partial charge is 0.339 e. The Bertz CT molecular complexity index is 463. The third-order valence-electron chi connectivity index (χ3n) is 2.65. The highest BCUT2D eigenvalue weighted by Crippen LogP contribution is 2.26. The van der Waals surface area contributed by atoms with Crippen LogP contribution < -0.4 is 0 Å². The Hall–Kier alpha value is -1.20. The summed E-state index contributed by atoms with van der Waals surface area (Å²) in [6.07, 6.45) is 0. The van der Waals surface area contributed by atoms with E-state index >= 15 is 0 Å². The van der Waals surface area contributed by atoms with Gasteiger partial charge in [-0.2, -0.15) is 0 Å². The van der Waals surface area contributed by atoms with E-state index in [4.69, 9.17) is 16.3 Å². The molecule has 0 N–H and O–H groups in total. The summed E-state index contributed by atoms with van der Waals surface area (Å²) in [7, 11) is 1.33. The van der Waals surface area contributed by atoms with E-state index < -0.39 is 5.37 Å². The van der Waals surface area contributed by atoms with E-state index in [-0.39, 0.29) is 11.9 Å². The van der Waals surface area contributed by atoms with Gasteiger partial charge in [-0.05, 0) is 24.3 Å². The number of carbonyl (C=O) groups excluding carboxylic acids is 2. The van der Waals surface area contributed by atoms with Crippen molar-refractivity contribution in [1.82, 2.24) is 4.90 Å². The van der Waals surface area contributed by atoms with Crippen molar-refractivity contribution in [1.29, 1.82) is 0 Å². The minimum Gasteiger partial charge on any atom is -0.467 e. The monoisotopic (exact) mass is 285 g/mol. The van der Waals surface area contributed by atoms with Gasteiger partial charge in [0.15, 0.2) is 5.37 Å². The lowest BCUT2D eigenvalue weighted by Gasteiger charge is -2.21. The zero-order valence-electron chi connectivity index (χ0n) is 9.76. The second-order valence-corrected chi connectivity index (χ2v) is 5.38. The van der Waals surface area contributed by atoms with Gasteiger partial charge >= 0.3 is 5.97 Å². The molecule has 1 aromatic carbocycles. The predicted molar refractivity (Wildman–Crippen MR) is 70.8 cm³/mol. The summed E-state index contributed by atoms with van der Waals surface area (Å²) in [6, 6.07) is 6.63. The molecule has 2 rings (SSSR count). The van der Waals surface area contributed by atoms with Gasteiger partial charge in [-0.3, -0.25) is 4.79 Å². The Morgan fingerprint density at radius 1 is 1.39 bits per heavy atom. The molecule has 0 aliphatic carbocycles. The Balaban J connectivity index is 2.17. The summed E-state index contributed by atoms with van der Waals surface area (Å²) in [4.78, 5) is 25.3. The van der Waals surface area contributed by atoms with Crippen LogP contribution in [0, 0.1) is 0 Å². The second kappa shape index (κ2) is 5.63. The number of halogens is 1. The summed E-state index contributed by atoms with van der Waals surface area (Å²) in [5, 5.41) is 0.0324. The first-order valence-corrected chi connectivity index (χ1v) is 6.82. The van der Waals surface area contributed by atoms with Gasteiger partial charge in [0.2, 0.25) is 0 Å². The van der Waals surface area contributed by atoms with Crippen LogP contribution in [0.25, 0.3) is 0 Å². The number of hydrogen-bond acceptors (Lipinski definition) is 4. The Labute approximate surface area is 114 Å². The maximum Gasteiger partial charge on any atom is 0.339 e. The topological polar surface area (TPSA) is 46.6 Å². The first-order chi connectivity index (χ1) is 8.63. The van der Waals surface area contributed by atoms with Gasteiger partial charge in [0.1, 0.15) is 0 Å². The summed E-state index contributed by atoms with van der Waals surface area (Å²) >= 11 is 7.19. The van der Waals surface area contributed by atoms with Crippen LogP contribution in [0.4, 0.5) is 0 Å². The van der Waals surface area contributed by atoms with E-state index in [0.717, 1.165) is 5.75 Å². The highest BCUT2D eigenvalue weighted by molar-refractivity contribution is 8.00. The first-order valence-electron chi connectivity index (χ1n) is 5.39. The predicted octanol–water partition coefficient (Wildman–Crippen LogP) is 2.03. The van der Waals surface area contributed by atoms with Gasteiger partial charge in [0, 0.05) is 22.9 Å². The number of esters is 1. The SMILES string of the molecule is COC(=O)[C@@H]1SCCN1C(=O)c1ccc(Cl)cc1. The zero-order chi connectivity index (χ0) is 13.1. The van der Waals surface area contributed by atoms with E-state index in [9.17, 15) is 9.59 Å². The van der Waals surface area contributed by atoms with E-state index in [1.807, 2.05) is 0 Å². The number of hydrogen-bond donors (Lipinski definition) is 0. The third-order valence-corrected chi connectivity index (χ3v) is 4.08. The number of ether oxygens (including phenoxy) is 1. The van der Waals surface area contributed by atoms with Crippen molar-refractivity contribution < 1.29 is 14.3 Å². The summed E-state index contributed by atoms with van der Waals surface area (Å²) in [6.45, 7) is 0.548. The molecule has 4 nitrogen and oxygen atoms in total. The number of amides is 1. The molecule has 1 amide bonds. The molecule has 1 aliphatic heterocycles. The average Bonchev–Trinajstić information content (AvgIpc) is 2.87. The fourth-order valence-electron chi connectivity index (χ4n) is 1.73. The Morgan fingerprint density at radius 3 is 2.67 bits per heavy atom. The van der Waals surface area contributed by atoms with Crippen molar-refractivity contribution >= 4 is 35.2 Å². The molecule has 0 unspecified atom stereocenters. The van der Waals surface area contributed by atoms with E-state index in [2.05, 4.69) is 0 Å². The van der Waals surface area contributed by atoms with Crippen molar-refractivity contribution in [2.24, 2.45) is 0 Å². The second-order valence-electron chi connectivity index (χ2n) is 3.75. The van der Waals surface area contributed by atoms with Gasteiger partial charge in [0.05, 0.1) is 7.11 Å². The quantitative estimate of drug-likeness (QED) is 0.780. The van der Waals surface area contributed by atoms with E-state index in [0.29, 0.717) is 17.1 Å². The molecular weight excluding hydrogens is 274 g/mol. The molecule has 0 spiro atoms. The molecule has 0 saturated carbocycles. The zero-order valence-corrected chi connectivity index (χ0v) is 11.3. The normalized spacial score (nSPS) is 18.8. The summed E-state index contributed by atoms with van der Waals surface area (Å²) < 4.78 is 4.69. The highest BCUT2D eigenvalue weighted by atomic mass is 35.5. The highest BCUT2D eigenvalue weighted by Gasteiger charge is 2.35. The van der Waals surface area contributed by atoms with Crippen molar-refractivity contribution in [3.05, 3.63) is 34.9 Å². The summed E-state index contributed by atoms with van der Waals surface area (Å²) in [5.74, 6) is 0.172. The standard InChI is InChI=1S/C12H12ClNO3S/c1-17-12(16)11-14(6-7-18-11)10(15)8-2-4-9(13)5-3-8/h2-5,11H,6-7H2,1H3/t11-/m0/s1. The molecule has 1 fully saturated rings. The maximum absolute atomic E-state index is 12.3. The molecule has 0 aromatic heterocycles. The lowest BCUT2D eigenvalue weighted by atomic mass is 10.2. The summed E-state index contributed by atoms with van der Waals surface area (Å²) in [5.41, 5.74) is 0.524. The Morgan fingerprint density at radius 2 is 2.06 bits per heavy atom. The van der Waals surface area contributed by atoms with E-state index in [1.54, 1.807) is 24.3 Å². The van der Waals surface area contributed by atoms with Crippen LogP contribution in [0.2, 0.25) is 5.02 Å². The van der Waals surface area contributed by atoms with Gasteiger partial charge < -0.3 is 9.64 Å². The minimum absolute atomic E-state index is 0.174. The molecule has 1 atom stereocenters. The number of nitrogens with zero attached hydrogens (tertiary/aromatic N) is 1. The van der Waals surface area contributed by atoms with Crippen LogP contribution in [0.3, 0.4) is 0 Å². The van der Waals surface area contributed by atoms with Crippen molar-refractivity contribution in [3.63, 3.8) is 0 Å². The number of carbonyl (C=O) groups is 2. The number of thioether (sulfide) groups is 1. The van der Waals surface area contributed by atoms with Crippen molar-refractivity contribution in [2.75, 3.05) is 19.4 Å². The van der Waals surface area contributed by atoms with Crippen molar-refractivity contribution in [2.45, 2.75) is 5.37 Å². The largest absolute Gasteiger partial charge is 0.467 e. The van der Waals surface area contributed by atoms with Gasteiger partial charge in [-0.15, -0.1) is 11.8 Å². The van der Waals surface area contributed by atoms with Gasteiger partial charge in [0.25, 0.3) is 5.91 Å². The number of benzene rings is 1. The first kappa shape index (κ1) is 13.2. The van der Waals surface area contributed by atoms with Crippen LogP contribution in [0.15, 0.2) is 24.3 Å². The van der Waals surface area contributed by atoms with Crippen LogP contribution in [-0.4, -0.2) is 41.6 Å². The molecule has 1 aromatic rings. The van der Waals surface area contributed by atoms with Crippen LogP contribution >= 0.6 is 23.4 Å². The number of methoxy groups -OCH3 is 1. The van der Waals surface area contributed by atoms with Crippen molar-refractivity contribution in [3.8, 4) is 0 Å². The molecule has 18 heavy (non-hydrogen) atoms. The van der Waals surface area contributed by atoms with Crippen LogP contribution in [-0.2, 0) is 9.53 Å². The molecule has 0 radical (unpaired) electrons. The Kier molecular flexibility index (Phi) is 4.14. The molecular formula is C12H12ClNO3S. The lowest BCUT2D eigenvalue weighted by Crippen LogP contribution is -2.39. The fourth-order valence-corrected chi connectivity index (χ4v) is 3.00. The molecule has 1 aliphatic rings. The van der Waals surface area contributed by atoms with Gasteiger partial charge in [-0.25, -0.2) is 4.79 Å². The average molecular weight is 286 g/mol. The minimum atomic E-state index is -0.543. The third kappa shape index (κ3) is 2.62. The van der Waals surface area contributed by atoms with Gasteiger partial charge in [-0.1, -0.05) is 11.6 Å². The molecule has 6 heteroatoms. The molecule has 96 valence electrons. The maximum atomic E-state index is 12.3. The molecule has 1 heterocycles.